The van der Waals surface area contributed by atoms with Crippen LogP contribution in [-0.4, -0.2) is 51.2 Å². The van der Waals surface area contributed by atoms with Crippen molar-refractivity contribution < 1.29 is 4.74 Å². The quantitative estimate of drug-likeness (QED) is 0.536. The van der Waals surface area contributed by atoms with Crippen molar-refractivity contribution in [2.24, 2.45) is 0 Å². The molecule has 5 rings (SSSR count). The Hall–Kier alpha value is -3.85. The van der Waals surface area contributed by atoms with Gasteiger partial charge in [-0.1, -0.05) is 0 Å². The highest BCUT2D eigenvalue weighted by Crippen LogP contribution is 2.26. The average molecular weight is 401 g/mol. The van der Waals surface area contributed by atoms with Crippen molar-refractivity contribution >= 4 is 28.2 Å². The molecule has 150 valence electrons. The number of rotatable bonds is 4. The predicted molar refractivity (Wildman–Crippen MR) is 114 cm³/mol. The van der Waals surface area contributed by atoms with Gasteiger partial charge in [0.05, 0.1) is 42.6 Å². The van der Waals surface area contributed by atoms with E-state index in [2.05, 4.69) is 35.1 Å². The highest BCUT2D eigenvalue weighted by Gasteiger charge is 2.14. The van der Waals surface area contributed by atoms with E-state index in [1.165, 1.54) is 6.33 Å². The molecule has 9 heteroatoms. The molecule has 9 nitrogen and oxygen atoms in total. The Morgan fingerprint density at radius 1 is 1.10 bits per heavy atom. The van der Waals surface area contributed by atoms with E-state index in [4.69, 9.17) is 4.74 Å². The zero-order valence-corrected chi connectivity index (χ0v) is 16.1. The summed E-state index contributed by atoms with van der Waals surface area (Å²) >= 11 is 0. The first-order valence-electron chi connectivity index (χ1n) is 9.62. The fourth-order valence-electron chi connectivity index (χ4n) is 3.42. The molecule has 4 aromatic heterocycles. The topological polar surface area (TPSA) is 109 Å². The number of morpholine rings is 1. The van der Waals surface area contributed by atoms with Crippen LogP contribution in [0.4, 0.5) is 17.3 Å². The highest BCUT2D eigenvalue weighted by molar-refractivity contribution is 5.92. The second-order valence-corrected chi connectivity index (χ2v) is 6.85. The van der Waals surface area contributed by atoms with Gasteiger partial charge in [-0.05, 0) is 30.3 Å². The Labute approximate surface area is 171 Å². The van der Waals surface area contributed by atoms with Crippen LogP contribution in [0.5, 0.6) is 0 Å². The number of pyridine rings is 3. The van der Waals surface area contributed by atoms with E-state index in [-0.39, 0.29) is 5.56 Å². The minimum Gasteiger partial charge on any atom is -0.378 e. The molecular weight excluding hydrogens is 382 g/mol. The van der Waals surface area contributed by atoms with Gasteiger partial charge in [0.1, 0.15) is 17.0 Å². The average Bonchev–Trinajstić information content (AvgIpc) is 2.81. The maximum absolute atomic E-state index is 12.5. The van der Waals surface area contributed by atoms with Crippen LogP contribution in [-0.2, 0) is 4.74 Å². The number of aromatic amines is 1. The molecule has 2 N–H and O–H groups in total. The predicted octanol–water partition coefficient (Wildman–Crippen LogP) is 2.36. The number of hydrogen-bond donors (Lipinski definition) is 2. The Morgan fingerprint density at radius 2 is 2.00 bits per heavy atom. The molecule has 1 saturated heterocycles. The third kappa shape index (κ3) is 3.58. The zero-order chi connectivity index (χ0) is 20.3. The number of fused-ring (bicyclic) bond motifs is 1. The summed E-state index contributed by atoms with van der Waals surface area (Å²) in [6.07, 6.45) is 6.55. The van der Waals surface area contributed by atoms with Crippen molar-refractivity contribution in [2.45, 2.75) is 0 Å². The molecule has 1 aliphatic heterocycles. The van der Waals surface area contributed by atoms with Crippen molar-refractivity contribution in [2.75, 3.05) is 36.5 Å². The number of ether oxygens (including phenoxy) is 1. The Balaban J connectivity index is 1.52. The van der Waals surface area contributed by atoms with Crippen molar-refractivity contribution in [3.63, 3.8) is 0 Å². The van der Waals surface area contributed by atoms with Gasteiger partial charge in [0.2, 0.25) is 0 Å². The number of aromatic nitrogens is 5. The molecule has 1 aliphatic rings. The van der Waals surface area contributed by atoms with Gasteiger partial charge >= 0.3 is 0 Å². The van der Waals surface area contributed by atoms with Gasteiger partial charge in [-0.2, -0.15) is 0 Å². The molecule has 30 heavy (non-hydrogen) atoms. The summed E-state index contributed by atoms with van der Waals surface area (Å²) in [4.78, 5) is 35.0. The van der Waals surface area contributed by atoms with Crippen LogP contribution in [0.25, 0.3) is 22.2 Å². The lowest BCUT2D eigenvalue weighted by Crippen LogP contribution is -2.36. The van der Waals surface area contributed by atoms with Crippen molar-refractivity contribution in [3.8, 4) is 11.3 Å². The van der Waals surface area contributed by atoms with Crippen LogP contribution < -0.4 is 15.8 Å². The van der Waals surface area contributed by atoms with Crippen molar-refractivity contribution in [1.29, 1.82) is 0 Å². The first kappa shape index (κ1) is 18.2. The zero-order valence-electron chi connectivity index (χ0n) is 16.1. The largest absolute Gasteiger partial charge is 0.378 e. The van der Waals surface area contributed by atoms with Gasteiger partial charge in [0, 0.05) is 31.0 Å². The maximum atomic E-state index is 12.5. The van der Waals surface area contributed by atoms with E-state index < -0.39 is 0 Å². The monoisotopic (exact) mass is 401 g/mol. The number of hydrogen-bond acceptors (Lipinski definition) is 8. The van der Waals surface area contributed by atoms with Crippen LogP contribution in [0, 0.1) is 0 Å². The van der Waals surface area contributed by atoms with Gasteiger partial charge in [-0.3, -0.25) is 9.78 Å². The Morgan fingerprint density at radius 3 is 2.77 bits per heavy atom. The number of nitrogens with zero attached hydrogens (tertiary/aromatic N) is 5. The SMILES string of the molecule is O=c1[nH]cnc2cc(-c3cccnc3)nc(Nc3ccc(N4CCOCC4)nc3)c12. The molecule has 0 bridgehead atoms. The van der Waals surface area contributed by atoms with E-state index in [9.17, 15) is 4.79 Å². The third-order valence-electron chi connectivity index (χ3n) is 4.93. The molecule has 0 amide bonds. The minimum absolute atomic E-state index is 0.259. The second kappa shape index (κ2) is 7.88. The van der Waals surface area contributed by atoms with Gasteiger partial charge in [-0.25, -0.2) is 15.0 Å². The molecule has 0 saturated carbocycles. The van der Waals surface area contributed by atoms with E-state index in [1.807, 2.05) is 24.3 Å². The van der Waals surface area contributed by atoms with Gasteiger partial charge in [-0.15, -0.1) is 0 Å². The summed E-state index contributed by atoms with van der Waals surface area (Å²) in [5, 5.41) is 3.62. The van der Waals surface area contributed by atoms with Crippen LogP contribution in [0.3, 0.4) is 0 Å². The van der Waals surface area contributed by atoms with E-state index in [0.29, 0.717) is 35.6 Å². The smallest absolute Gasteiger partial charge is 0.262 e. The lowest BCUT2D eigenvalue weighted by molar-refractivity contribution is 0.122. The van der Waals surface area contributed by atoms with Crippen molar-refractivity contribution in [1.82, 2.24) is 24.9 Å². The second-order valence-electron chi connectivity index (χ2n) is 6.85. The molecule has 0 radical (unpaired) electrons. The standard InChI is InChI=1S/C21H19N7O2/c29-21-19-17(24-13-25-21)10-16(14-2-1-5-22-11-14)27-20(19)26-15-3-4-18(23-12-15)28-6-8-30-9-7-28/h1-5,10-13H,6-9H2,(H,26,27)(H,24,25,29). The van der Waals surface area contributed by atoms with Gasteiger partial charge in [0.25, 0.3) is 5.56 Å². The fraction of sp³-hybridized carbons (Fsp3) is 0.190. The van der Waals surface area contributed by atoms with Gasteiger partial charge in [0.15, 0.2) is 0 Å². The normalized spacial score (nSPS) is 14.1. The van der Waals surface area contributed by atoms with E-state index >= 15 is 0 Å². The Kier molecular flexibility index (Phi) is 4.78. The summed E-state index contributed by atoms with van der Waals surface area (Å²) in [7, 11) is 0. The Bertz CT molecular complexity index is 1220. The summed E-state index contributed by atoms with van der Waals surface area (Å²) < 4.78 is 5.39. The molecule has 1 fully saturated rings. The molecule has 0 aliphatic carbocycles. The number of nitrogens with one attached hydrogen (secondary N) is 2. The van der Waals surface area contributed by atoms with E-state index in [0.717, 1.165) is 30.2 Å². The molecule has 5 heterocycles. The van der Waals surface area contributed by atoms with Crippen LogP contribution in [0.15, 0.2) is 60.0 Å². The maximum Gasteiger partial charge on any atom is 0.262 e. The molecule has 0 aromatic carbocycles. The van der Waals surface area contributed by atoms with Gasteiger partial charge < -0.3 is 19.9 Å². The number of anilines is 3. The van der Waals surface area contributed by atoms with Crippen LogP contribution in [0.1, 0.15) is 0 Å². The first-order valence-corrected chi connectivity index (χ1v) is 9.62. The lowest BCUT2D eigenvalue weighted by Gasteiger charge is -2.27. The summed E-state index contributed by atoms with van der Waals surface area (Å²) in [5.74, 6) is 1.31. The van der Waals surface area contributed by atoms with Crippen molar-refractivity contribution in [3.05, 3.63) is 65.6 Å². The number of H-pyrrole nitrogens is 1. The first-order chi connectivity index (χ1) is 14.8. The summed E-state index contributed by atoms with van der Waals surface area (Å²) in [6.45, 7) is 3.04. The molecule has 4 aromatic rings. The van der Waals surface area contributed by atoms with Crippen LogP contribution in [0.2, 0.25) is 0 Å². The summed E-state index contributed by atoms with van der Waals surface area (Å²) in [5.41, 5.74) is 2.53. The lowest BCUT2D eigenvalue weighted by atomic mass is 10.1. The molecule has 0 atom stereocenters. The minimum atomic E-state index is -0.259. The molecule has 0 spiro atoms. The summed E-state index contributed by atoms with van der Waals surface area (Å²) in [6, 6.07) is 9.41. The molecular formula is C21H19N7O2. The highest BCUT2D eigenvalue weighted by atomic mass is 16.5. The van der Waals surface area contributed by atoms with Crippen LogP contribution >= 0.6 is 0 Å². The molecule has 0 unspecified atom stereocenters. The van der Waals surface area contributed by atoms with E-state index in [1.54, 1.807) is 24.7 Å². The fourth-order valence-corrected chi connectivity index (χ4v) is 3.42. The third-order valence-corrected chi connectivity index (χ3v) is 4.93.